The van der Waals surface area contributed by atoms with Crippen molar-refractivity contribution in [3.8, 4) is 0 Å². The van der Waals surface area contributed by atoms with Crippen LogP contribution in [0.2, 0.25) is 0 Å². The third-order valence-corrected chi connectivity index (χ3v) is 3.53. The molecule has 0 aromatic heterocycles. The SMILES string of the molecule is CCC(Nc1ccccc1)(C(=O)OC)c1ccc(F)cc1. The van der Waals surface area contributed by atoms with Crippen molar-refractivity contribution in [2.24, 2.45) is 0 Å². The number of ether oxygens (including phenoxy) is 1. The van der Waals surface area contributed by atoms with Gasteiger partial charge in [-0.05, 0) is 36.2 Å². The number of carbonyl (C=O) groups is 1. The Morgan fingerprint density at radius 3 is 2.29 bits per heavy atom. The van der Waals surface area contributed by atoms with Crippen LogP contribution in [-0.4, -0.2) is 13.1 Å². The molecule has 2 aromatic rings. The second-order valence-corrected chi connectivity index (χ2v) is 4.75. The largest absolute Gasteiger partial charge is 0.467 e. The van der Waals surface area contributed by atoms with Crippen molar-refractivity contribution in [2.45, 2.75) is 18.9 Å². The quantitative estimate of drug-likeness (QED) is 0.852. The normalized spacial score (nSPS) is 13.3. The molecule has 3 nitrogen and oxygen atoms in total. The second-order valence-electron chi connectivity index (χ2n) is 4.75. The molecular weight excluding hydrogens is 269 g/mol. The third-order valence-electron chi connectivity index (χ3n) is 3.53. The molecule has 0 aliphatic carbocycles. The minimum absolute atomic E-state index is 0.340. The summed E-state index contributed by atoms with van der Waals surface area (Å²) in [7, 11) is 1.35. The number of hydrogen-bond acceptors (Lipinski definition) is 3. The third kappa shape index (κ3) is 3.05. The van der Waals surface area contributed by atoms with Crippen molar-refractivity contribution in [1.29, 1.82) is 0 Å². The zero-order valence-electron chi connectivity index (χ0n) is 12.1. The van der Waals surface area contributed by atoms with Crippen molar-refractivity contribution >= 4 is 11.7 Å². The molecule has 0 amide bonds. The molecule has 0 aliphatic heterocycles. The average Bonchev–Trinajstić information content (AvgIpc) is 2.54. The molecule has 0 aliphatic rings. The Morgan fingerprint density at radius 2 is 1.76 bits per heavy atom. The van der Waals surface area contributed by atoms with E-state index in [9.17, 15) is 9.18 Å². The van der Waals surface area contributed by atoms with Gasteiger partial charge in [-0.1, -0.05) is 37.3 Å². The van der Waals surface area contributed by atoms with E-state index in [-0.39, 0.29) is 5.82 Å². The van der Waals surface area contributed by atoms with E-state index in [1.165, 1.54) is 19.2 Å². The molecule has 4 heteroatoms. The first-order chi connectivity index (χ1) is 10.1. The fourth-order valence-electron chi connectivity index (χ4n) is 2.35. The average molecular weight is 287 g/mol. The molecule has 110 valence electrons. The smallest absolute Gasteiger partial charge is 0.336 e. The van der Waals surface area contributed by atoms with E-state index in [0.717, 1.165) is 5.69 Å². The standard InChI is InChI=1S/C17H18FNO2/c1-3-17(16(20)21-2,13-9-11-14(18)12-10-13)19-15-7-5-4-6-8-15/h4-12,19H,3H2,1-2H3. The molecule has 0 heterocycles. The van der Waals surface area contributed by atoms with E-state index < -0.39 is 11.5 Å². The molecule has 1 N–H and O–H groups in total. The lowest BCUT2D eigenvalue weighted by Crippen LogP contribution is -2.43. The van der Waals surface area contributed by atoms with E-state index in [1.807, 2.05) is 37.3 Å². The highest BCUT2D eigenvalue weighted by Crippen LogP contribution is 2.31. The first kappa shape index (κ1) is 15.0. The van der Waals surface area contributed by atoms with Gasteiger partial charge >= 0.3 is 5.97 Å². The van der Waals surface area contributed by atoms with Crippen LogP contribution in [0.1, 0.15) is 18.9 Å². The minimum atomic E-state index is -1.04. The van der Waals surface area contributed by atoms with Crippen LogP contribution in [0.4, 0.5) is 10.1 Å². The van der Waals surface area contributed by atoms with Crippen molar-refractivity contribution in [3.05, 3.63) is 66.0 Å². The summed E-state index contributed by atoms with van der Waals surface area (Å²) >= 11 is 0. The van der Waals surface area contributed by atoms with E-state index in [2.05, 4.69) is 5.32 Å². The van der Waals surface area contributed by atoms with Gasteiger partial charge in [0.1, 0.15) is 5.82 Å². The number of halogens is 1. The summed E-state index contributed by atoms with van der Waals surface area (Å²) in [5.74, 6) is -0.742. The lowest BCUT2D eigenvalue weighted by molar-refractivity contribution is -0.146. The number of para-hydroxylation sites is 1. The molecule has 21 heavy (non-hydrogen) atoms. The Morgan fingerprint density at radius 1 is 1.14 bits per heavy atom. The molecule has 2 aromatic carbocycles. The number of hydrogen-bond donors (Lipinski definition) is 1. The maximum absolute atomic E-state index is 13.2. The Labute approximate surface area is 123 Å². The van der Waals surface area contributed by atoms with Gasteiger partial charge in [0.2, 0.25) is 0 Å². The molecule has 1 unspecified atom stereocenters. The fourth-order valence-corrected chi connectivity index (χ4v) is 2.35. The maximum Gasteiger partial charge on any atom is 0.336 e. The monoisotopic (exact) mass is 287 g/mol. The first-order valence-electron chi connectivity index (χ1n) is 6.80. The molecule has 0 spiro atoms. The van der Waals surface area contributed by atoms with Crippen molar-refractivity contribution in [2.75, 3.05) is 12.4 Å². The summed E-state index contributed by atoms with van der Waals surface area (Å²) in [4.78, 5) is 12.4. The fraction of sp³-hybridized carbons (Fsp3) is 0.235. The molecule has 2 rings (SSSR count). The van der Waals surface area contributed by atoms with Gasteiger partial charge in [0.25, 0.3) is 0 Å². The Hall–Kier alpha value is -2.36. The van der Waals surface area contributed by atoms with Crippen molar-refractivity contribution < 1.29 is 13.9 Å². The predicted octanol–water partition coefficient (Wildman–Crippen LogP) is 3.72. The number of anilines is 1. The van der Waals surface area contributed by atoms with Crippen LogP contribution in [-0.2, 0) is 15.1 Å². The number of rotatable bonds is 5. The molecule has 0 saturated carbocycles. The predicted molar refractivity (Wildman–Crippen MR) is 80.4 cm³/mol. The minimum Gasteiger partial charge on any atom is -0.467 e. The van der Waals surface area contributed by atoms with Crippen LogP contribution in [0.15, 0.2) is 54.6 Å². The number of esters is 1. The van der Waals surface area contributed by atoms with Gasteiger partial charge in [0.05, 0.1) is 7.11 Å². The van der Waals surface area contributed by atoms with Crippen LogP contribution in [0.3, 0.4) is 0 Å². The highest BCUT2D eigenvalue weighted by atomic mass is 19.1. The van der Waals surface area contributed by atoms with Crippen LogP contribution in [0.5, 0.6) is 0 Å². The van der Waals surface area contributed by atoms with E-state index >= 15 is 0 Å². The van der Waals surface area contributed by atoms with Gasteiger partial charge in [-0.15, -0.1) is 0 Å². The topological polar surface area (TPSA) is 38.3 Å². The molecule has 0 radical (unpaired) electrons. The van der Waals surface area contributed by atoms with Gasteiger partial charge in [-0.25, -0.2) is 9.18 Å². The zero-order chi connectivity index (χ0) is 15.3. The van der Waals surface area contributed by atoms with Crippen LogP contribution in [0.25, 0.3) is 0 Å². The summed E-state index contributed by atoms with van der Waals surface area (Å²) in [6.45, 7) is 1.89. The van der Waals surface area contributed by atoms with E-state index in [4.69, 9.17) is 4.74 Å². The summed E-state index contributed by atoms with van der Waals surface area (Å²) in [5.41, 5.74) is 0.431. The van der Waals surface area contributed by atoms with E-state index in [0.29, 0.717) is 12.0 Å². The van der Waals surface area contributed by atoms with Gasteiger partial charge in [-0.3, -0.25) is 0 Å². The zero-order valence-corrected chi connectivity index (χ0v) is 12.1. The van der Waals surface area contributed by atoms with Gasteiger partial charge in [0, 0.05) is 5.69 Å². The van der Waals surface area contributed by atoms with E-state index in [1.54, 1.807) is 12.1 Å². The molecule has 0 fully saturated rings. The highest BCUT2D eigenvalue weighted by Gasteiger charge is 2.39. The Balaban J connectivity index is 2.47. The lowest BCUT2D eigenvalue weighted by Gasteiger charge is -2.32. The molecular formula is C17H18FNO2. The molecule has 0 bridgehead atoms. The Bertz CT molecular complexity index is 598. The van der Waals surface area contributed by atoms with Gasteiger partial charge in [-0.2, -0.15) is 0 Å². The first-order valence-corrected chi connectivity index (χ1v) is 6.80. The van der Waals surface area contributed by atoms with Crippen molar-refractivity contribution in [1.82, 2.24) is 0 Å². The summed E-state index contributed by atoms with van der Waals surface area (Å²) < 4.78 is 18.1. The number of benzene rings is 2. The maximum atomic E-state index is 13.2. The van der Waals surface area contributed by atoms with Crippen molar-refractivity contribution in [3.63, 3.8) is 0 Å². The second kappa shape index (κ2) is 6.39. The highest BCUT2D eigenvalue weighted by molar-refractivity contribution is 5.86. The van der Waals surface area contributed by atoms with Crippen LogP contribution < -0.4 is 5.32 Å². The number of methoxy groups -OCH3 is 1. The van der Waals surface area contributed by atoms with Gasteiger partial charge < -0.3 is 10.1 Å². The summed E-state index contributed by atoms with van der Waals surface area (Å²) in [5, 5.41) is 3.23. The van der Waals surface area contributed by atoms with Gasteiger partial charge in [0.15, 0.2) is 5.54 Å². The van der Waals surface area contributed by atoms with Crippen LogP contribution >= 0.6 is 0 Å². The number of carbonyl (C=O) groups excluding carboxylic acids is 1. The summed E-state index contributed by atoms with van der Waals surface area (Å²) in [6.07, 6.45) is 0.472. The molecule has 0 saturated heterocycles. The molecule has 1 atom stereocenters. The summed E-state index contributed by atoms with van der Waals surface area (Å²) in [6, 6.07) is 15.3. The number of nitrogens with one attached hydrogen (secondary N) is 1. The Kier molecular flexibility index (Phi) is 4.58. The van der Waals surface area contributed by atoms with Crippen LogP contribution in [0, 0.1) is 5.82 Å². The lowest BCUT2D eigenvalue weighted by atomic mass is 9.86.